The molecule has 30 heavy (non-hydrogen) atoms. The first-order valence-corrected chi connectivity index (χ1v) is 11.7. The lowest BCUT2D eigenvalue weighted by atomic mass is 9.43. The van der Waals surface area contributed by atoms with Gasteiger partial charge in [0.25, 0.3) is 0 Å². The monoisotopic (exact) mass is 410 g/mol. The summed E-state index contributed by atoms with van der Waals surface area (Å²) in [6.07, 6.45) is 6.34. The molecule has 4 aliphatic carbocycles. The number of benzene rings is 1. The van der Waals surface area contributed by atoms with Crippen LogP contribution in [0.2, 0.25) is 0 Å². The van der Waals surface area contributed by atoms with Crippen molar-refractivity contribution in [1.82, 2.24) is 5.32 Å². The molecule has 3 N–H and O–H groups in total. The number of nitrogens with two attached hydrogens (primary N) is 1. The van der Waals surface area contributed by atoms with E-state index in [2.05, 4.69) is 26.1 Å². The van der Waals surface area contributed by atoms with E-state index < -0.39 is 6.04 Å². The normalized spacial score (nSPS) is 35.9. The van der Waals surface area contributed by atoms with E-state index in [1.165, 1.54) is 19.3 Å². The van der Waals surface area contributed by atoms with Crippen LogP contribution >= 0.6 is 0 Å². The van der Waals surface area contributed by atoms with Gasteiger partial charge in [0.2, 0.25) is 5.91 Å². The molecule has 1 saturated heterocycles. The standard InChI is InChI=1S/C24H35BN2O3/c1-23(2)17-13-19(23)24(3)20(14-17)29-25(30-24)21(12-16-9-10-16)27-22(28)18(26)11-15-7-5-4-6-8-15/h4-8,16-21H,9-14,26H2,1-3H3,(H,27,28)/t17-,18?,19-,20+,21-,24-/m0/s1. The molecule has 5 aliphatic rings. The summed E-state index contributed by atoms with van der Waals surface area (Å²) >= 11 is 0. The number of carbonyl (C=O) groups is 1. The molecule has 6 atom stereocenters. The summed E-state index contributed by atoms with van der Waals surface area (Å²) in [5.74, 6) is 1.67. The Morgan fingerprint density at radius 1 is 1.23 bits per heavy atom. The summed E-state index contributed by atoms with van der Waals surface area (Å²) in [5, 5.41) is 3.21. The number of rotatable bonds is 7. The third-order valence-electron chi connectivity index (χ3n) is 8.54. The van der Waals surface area contributed by atoms with E-state index >= 15 is 0 Å². The summed E-state index contributed by atoms with van der Waals surface area (Å²) in [6.45, 7) is 6.97. The molecule has 1 amide bonds. The molecule has 1 heterocycles. The molecule has 4 saturated carbocycles. The van der Waals surface area contributed by atoms with Crippen LogP contribution in [0.5, 0.6) is 0 Å². The summed E-state index contributed by atoms with van der Waals surface area (Å²) < 4.78 is 13.1. The Morgan fingerprint density at radius 3 is 2.63 bits per heavy atom. The van der Waals surface area contributed by atoms with Crippen molar-refractivity contribution in [2.75, 3.05) is 0 Å². The third kappa shape index (κ3) is 3.51. The van der Waals surface area contributed by atoms with E-state index in [0.29, 0.717) is 23.7 Å². The lowest BCUT2D eigenvalue weighted by Gasteiger charge is -2.64. The van der Waals surface area contributed by atoms with Gasteiger partial charge >= 0.3 is 7.12 Å². The van der Waals surface area contributed by atoms with Crippen molar-refractivity contribution >= 4 is 13.0 Å². The fourth-order valence-electron chi connectivity index (χ4n) is 6.27. The van der Waals surface area contributed by atoms with Gasteiger partial charge in [-0.1, -0.05) is 57.0 Å². The van der Waals surface area contributed by atoms with Crippen LogP contribution in [0.15, 0.2) is 30.3 Å². The van der Waals surface area contributed by atoms with Gasteiger partial charge in [0.15, 0.2) is 0 Å². The Kier molecular flexibility index (Phi) is 5.03. The van der Waals surface area contributed by atoms with Crippen molar-refractivity contribution in [3.8, 4) is 0 Å². The Labute approximate surface area is 180 Å². The summed E-state index contributed by atoms with van der Waals surface area (Å²) in [7, 11) is -0.372. The van der Waals surface area contributed by atoms with Crippen LogP contribution in [0.4, 0.5) is 0 Å². The smallest absolute Gasteiger partial charge is 0.404 e. The molecule has 162 valence electrons. The fourth-order valence-corrected chi connectivity index (χ4v) is 6.27. The molecule has 0 spiro atoms. The second-order valence-electron chi connectivity index (χ2n) is 10.9. The maximum atomic E-state index is 12.9. The van der Waals surface area contributed by atoms with E-state index in [-0.39, 0.29) is 30.7 Å². The minimum Gasteiger partial charge on any atom is -0.404 e. The van der Waals surface area contributed by atoms with Gasteiger partial charge in [-0.15, -0.1) is 0 Å². The van der Waals surface area contributed by atoms with E-state index in [9.17, 15) is 4.79 Å². The van der Waals surface area contributed by atoms with Crippen molar-refractivity contribution in [3.05, 3.63) is 35.9 Å². The molecule has 2 bridgehead atoms. The predicted octanol–water partition coefficient (Wildman–Crippen LogP) is 3.11. The first kappa shape index (κ1) is 20.5. The van der Waals surface area contributed by atoms with Crippen LogP contribution in [0.1, 0.15) is 58.4 Å². The summed E-state index contributed by atoms with van der Waals surface area (Å²) in [6, 6.07) is 9.38. The summed E-state index contributed by atoms with van der Waals surface area (Å²) in [4.78, 5) is 12.9. The maximum absolute atomic E-state index is 12.9. The lowest BCUT2D eigenvalue weighted by Crippen LogP contribution is -2.65. The molecule has 1 unspecified atom stereocenters. The topological polar surface area (TPSA) is 73.6 Å². The van der Waals surface area contributed by atoms with Gasteiger partial charge in [0.05, 0.1) is 23.7 Å². The van der Waals surface area contributed by atoms with Crippen molar-refractivity contribution in [2.45, 2.75) is 83.0 Å². The zero-order valence-corrected chi connectivity index (χ0v) is 18.5. The highest BCUT2D eigenvalue weighted by Crippen LogP contribution is 2.65. The Morgan fingerprint density at radius 2 is 1.97 bits per heavy atom. The Bertz CT molecular complexity index is 799. The first-order valence-electron chi connectivity index (χ1n) is 11.7. The lowest BCUT2D eigenvalue weighted by molar-refractivity contribution is -0.199. The number of carbonyl (C=O) groups excluding carboxylic acids is 1. The van der Waals surface area contributed by atoms with Crippen LogP contribution in [-0.2, 0) is 20.5 Å². The molecule has 6 heteroatoms. The van der Waals surface area contributed by atoms with Gasteiger partial charge in [-0.3, -0.25) is 4.79 Å². The third-order valence-corrected chi connectivity index (χ3v) is 8.54. The quantitative estimate of drug-likeness (QED) is 0.678. The fraction of sp³-hybridized carbons (Fsp3) is 0.708. The number of amides is 1. The minimum absolute atomic E-state index is 0.110. The van der Waals surface area contributed by atoms with E-state index in [0.717, 1.165) is 24.3 Å². The molecule has 1 aromatic carbocycles. The van der Waals surface area contributed by atoms with Gasteiger partial charge in [0.1, 0.15) is 0 Å². The first-order chi connectivity index (χ1) is 14.3. The summed E-state index contributed by atoms with van der Waals surface area (Å²) in [5.41, 5.74) is 7.40. The van der Waals surface area contributed by atoms with Crippen LogP contribution < -0.4 is 11.1 Å². The zero-order valence-electron chi connectivity index (χ0n) is 18.5. The van der Waals surface area contributed by atoms with Crippen LogP contribution in [-0.4, -0.2) is 36.7 Å². The van der Waals surface area contributed by atoms with E-state index in [1.54, 1.807) is 0 Å². The van der Waals surface area contributed by atoms with E-state index in [1.807, 2.05) is 30.3 Å². The van der Waals surface area contributed by atoms with Gasteiger partial charge in [-0.05, 0) is 61.3 Å². The van der Waals surface area contributed by atoms with Crippen LogP contribution in [0, 0.1) is 23.2 Å². The van der Waals surface area contributed by atoms with Gasteiger partial charge in [-0.2, -0.15) is 0 Å². The predicted molar refractivity (Wildman–Crippen MR) is 118 cm³/mol. The van der Waals surface area contributed by atoms with Gasteiger partial charge in [0, 0.05) is 0 Å². The Hall–Kier alpha value is -1.37. The average molecular weight is 410 g/mol. The van der Waals surface area contributed by atoms with Crippen LogP contribution in [0.25, 0.3) is 0 Å². The maximum Gasteiger partial charge on any atom is 0.481 e. The Balaban J connectivity index is 1.26. The van der Waals surface area contributed by atoms with Gasteiger partial charge in [-0.25, -0.2) is 0 Å². The number of nitrogens with one attached hydrogen (secondary N) is 1. The average Bonchev–Trinajstić information content (AvgIpc) is 3.45. The SMILES string of the molecule is CC1(C)[C@@H]2C[C@H]3OB([C@H](CC4CC4)NC(=O)C(N)Cc4ccccc4)O[C@@]3(C)[C@H]1C2. The van der Waals surface area contributed by atoms with Gasteiger partial charge < -0.3 is 20.4 Å². The minimum atomic E-state index is -0.569. The van der Waals surface area contributed by atoms with Crippen molar-refractivity contribution in [1.29, 1.82) is 0 Å². The second kappa shape index (κ2) is 7.35. The number of hydrogen-bond donors (Lipinski definition) is 2. The molecular formula is C24H35BN2O3. The highest BCUT2D eigenvalue weighted by atomic mass is 16.7. The number of hydrogen-bond acceptors (Lipinski definition) is 4. The van der Waals surface area contributed by atoms with E-state index in [4.69, 9.17) is 15.0 Å². The molecule has 1 aromatic rings. The molecule has 0 radical (unpaired) electrons. The molecule has 6 rings (SSSR count). The van der Waals surface area contributed by atoms with Crippen molar-refractivity contribution < 1.29 is 14.1 Å². The molecular weight excluding hydrogens is 375 g/mol. The van der Waals surface area contributed by atoms with Crippen molar-refractivity contribution in [2.24, 2.45) is 28.9 Å². The molecule has 1 aliphatic heterocycles. The largest absolute Gasteiger partial charge is 0.481 e. The molecule has 5 nitrogen and oxygen atoms in total. The van der Waals surface area contributed by atoms with Crippen LogP contribution in [0.3, 0.4) is 0 Å². The molecule has 5 fully saturated rings. The highest BCUT2D eigenvalue weighted by Gasteiger charge is 2.68. The second-order valence-corrected chi connectivity index (χ2v) is 10.9. The van der Waals surface area contributed by atoms with Crippen molar-refractivity contribution in [3.63, 3.8) is 0 Å². The zero-order chi connectivity index (χ0) is 21.1. The molecule has 0 aromatic heterocycles. The highest BCUT2D eigenvalue weighted by molar-refractivity contribution is 6.48.